The molecule has 0 radical (unpaired) electrons. The monoisotopic (exact) mass is 762 g/mol. The fourth-order valence-corrected chi connectivity index (χ4v) is 6.98. The lowest BCUT2D eigenvalue weighted by atomic mass is 9.80. The number of aliphatic carboxylic acids is 2. The second-order valence-corrected chi connectivity index (χ2v) is 14.2. The zero-order valence-corrected chi connectivity index (χ0v) is 32.3. The number of carboxylic acids is 2. The largest absolute Gasteiger partial charge is 0.478 e. The van der Waals surface area contributed by atoms with E-state index in [4.69, 9.17) is 14.2 Å². The van der Waals surface area contributed by atoms with Gasteiger partial charge in [-0.1, -0.05) is 81.5 Å². The van der Waals surface area contributed by atoms with E-state index < -0.39 is 36.1 Å². The fourth-order valence-electron chi connectivity index (χ4n) is 6.98. The number of nitrogens with zero attached hydrogens (tertiary/aromatic N) is 1. The van der Waals surface area contributed by atoms with Crippen LogP contribution in [0.2, 0.25) is 0 Å². The van der Waals surface area contributed by atoms with Crippen LogP contribution in [0.5, 0.6) is 5.75 Å². The number of nitrogens with one attached hydrogen (secondary N) is 1. The predicted molar refractivity (Wildman–Crippen MR) is 206 cm³/mol. The molecule has 1 aliphatic carbocycles. The highest BCUT2D eigenvalue weighted by molar-refractivity contribution is 5.95. The molecule has 4 atom stereocenters. The van der Waals surface area contributed by atoms with Crippen molar-refractivity contribution in [1.29, 1.82) is 0 Å². The van der Waals surface area contributed by atoms with Gasteiger partial charge in [0.05, 0.1) is 11.1 Å². The number of esters is 2. The highest BCUT2D eigenvalue weighted by atomic mass is 16.6. The highest BCUT2D eigenvalue weighted by Crippen LogP contribution is 2.49. The molecule has 5 N–H and O–H groups in total. The van der Waals surface area contributed by atoms with Crippen molar-refractivity contribution < 1.29 is 53.9 Å². The van der Waals surface area contributed by atoms with E-state index in [1.165, 1.54) is 74.2 Å². The molecule has 0 bridgehead atoms. The number of hydrogen-bond acceptors (Lipinski definition) is 9. The zero-order valence-electron chi connectivity index (χ0n) is 32.3. The van der Waals surface area contributed by atoms with Crippen LogP contribution in [0.25, 0.3) is 0 Å². The number of rotatable bonds is 15. The van der Waals surface area contributed by atoms with Gasteiger partial charge in [0.2, 0.25) is 12.2 Å². The van der Waals surface area contributed by atoms with Crippen LogP contribution in [0.15, 0.2) is 66.7 Å². The second kappa shape index (κ2) is 20.4. The van der Waals surface area contributed by atoms with Gasteiger partial charge in [0.1, 0.15) is 5.75 Å². The van der Waals surface area contributed by atoms with E-state index in [0.29, 0.717) is 18.3 Å². The Kier molecular flexibility index (Phi) is 16.4. The third-order valence-corrected chi connectivity index (χ3v) is 10.0. The summed E-state index contributed by atoms with van der Waals surface area (Å²) in [5, 5.41) is 21.5. The Morgan fingerprint density at radius 3 is 1.84 bits per heavy atom. The van der Waals surface area contributed by atoms with Gasteiger partial charge in [-0.05, 0) is 100 Å². The van der Waals surface area contributed by atoms with E-state index in [0.717, 1.165) is 30.4 Å². The van der Waals surface area contributed by atoms with Crippen LogP contribution < -0.4 is 10.1 Å². The summed E-state index contributed by atoms with van der Waals surface area (Å²) in [7, 11) is 0. The van der Waals surface area contributed by atoms with Gasteiger partial charge >= 0.3 is 30.0 Å². The lowest BCUT2D eigenvalue weighted by Gasteiger charge is -2.29. The molecule has 1 aliphatic heterocycles. The van der Waals surface area contributed by atoms with Gasteiger partial charge in [0.15, 0.2) is 0 Å². The molecule has 5 rings (SSSR count). The Hall–Kier alpha value is -5.27. The van der Waals surface area contributed by atoms with Crippen molar-refractivity contribution in [2.45, 2.75) is 103 Å². The Morgan fingerprint density at radius 1 is 0.800 bits per heavy atom. The number of likely N-dealkylation sites (tertiary alicyclic amines) is 1. The third kappa shape index (κ3) is 11.6. The molecule has 1 heterocycles. The SMILES string of the molecule is CCCCCCNC(=O)Oc1ccc2c(c1)[C@]1(C)CCN(CCC)C1C2.Cc1ccc(C(=O)OC(C(=O)O)C(OC(=O)c2ccc(C)cc2)C(=O)O)cc1.O. The van der Waals surface area contributed by atoms with Gasteiger partial charge in [-0.2, -0.15) is 0 Å². The molecule has 0 spiro atoms. The summed E-state index contributed by atoms with van der Waals surface area (Å²) < 4.78 is 15.2. The average molecular weight is 763 g/mol. The number of carboxylic acid groups (broad SMARTS) is 2. The minimum atomic E-state index is -2.22. The smallest absolute Gasteiger partial charge is 0.412 e. The van der Waals surface area contributed by atoms with Crippen molar-refractivity contribution in [1.82, 2.24) is 10.2 Å². The maximum absolute atomic E-state index is 12.2. The molecular formula is C42H54N2O11. The Labute approximate surface area is 322 Å². The van der Waals surface area contributed by atoms with Gasteiger partial charge < -0.3 is 35.2 Å². The number of hydrogen-bond donors (Lipinski definition) is 3. The molecule has 13 nitrogen and oxygen atoms in total. The molecule has 3 unspecified atom stereocenters. The lowest BCUT2D eigenvalue weighted by Crippen LogP contribution is -2.45. The van der Waals surface area contributed by atoms with Crippen molar-refractivity contribution in [3.63, 3.8) is 0 Å². The van der Waals surface area contributed by atoms with Crippen LogP contribution in [0.1, 0.15) is 102 Å². The molecule has 1 fully saturated rings. The third-order valence-electron chi connectivity index (χ3n) is 10.0. The molecule has 2 aliphatic rings. The van der Waals surface area contributed by atoms with Crippen LogP contribution >= 0.6 is 0 Å². The van der Waals surface area contributed by atoms with E-state index in [1.807, 2.05) is 6.07 Å². The molecule has 0 saturated carbocycles. The number of carbonyl (C=O) groups is 5. The Balaban J connectivity index is 0.000000291. The van der Waals surface area contributed by atoms with Gasteiger partial charge in [0, 0.05) is 18.0 Å². The first-order valence-electron chi connectivity index (χ1n) is 18.6. The molecule has 0 aromatic heterocycles. The van der Waals surface area contributed by atoms with Crippen LogP contribution in [0, 0.1) is 13.8 Å². The Bertz CT molecular complexity index is 1700. The first-order chi connectivity index (χ1) is 25.8. The van der Waals surface area contributed by atoms with Crippen LogP contribution in [0.4, 0.5) is 4.79 Å². The van der Waals surface area contributed by atoms with Crippen LogP contribution in [-0.2, 0) is 30.9 Å². The number of benzene rings is 3. The molecule has 55 heavy (non-hydrogen) atoms. The molecule has 298 valence electrons. The molecule has 1 amide bonds. The number of ether oxygens (including phenoxy) is 3. The number of amides is 1. The predicted octanol–water partition coefficient (Wildman–Crippen LogP) is 6.05. The van der Waals surface area contributed by atoms with E-state index in [9.17, 15) is 34.2 Å². The highest BCUT2D eigenvalue weighted by Gasteiger charge is 2.50. The van der Waals surface area contributed by atoms with E-state index in [-0.39, 0.29) is 28.1 Å². The summed E-state index contributed by atoms with van der Waals surface area (Å²) in [6.45, 7) is 13.5. The number of unbranched alkanes of at least 4 members (excludes halogenated alkanes) is 3. The summed E-state index contributed by atoms with van der Waals surface area (Å²) in [6.07, 6.45) is 3.33. The maximum Gasteiger partial charge on any atom is 0.412 e. The van der Waals surface area contributed by atoms with Crippen LogP contribution in [0.3, 0.4) is 0 Å². The Morgan fingerprint density at radius 2 is 1.35 bits per heavy atom. The quantitative estimate of drug-likeness (QED) is 0.120. The van der Waals surface area contributed by atoms with E-state index in [2.05, 4.69) is 43.1 Å². The zero-order chi connectivity index (χ0) is 39.4. The van der Waals surface area contributed by atoms with Crippen molar-refractivity contribution in [3.8, 4) is 5.75 Å². The summed E-state index contributed by atoms with van der Waals surface area (Å²) >= 11 is 0. The van der Waals surface area contributed by atoms with Gasteiger partial charge in [0.25, 0.3) is 0 Å². The fraction of sp³-hybridized carbons (Fsp3) is 0.452. The first-order valence-corrected chi connectivity index (χ1v) is 18.6. The second-order valence-electron chi connectivity index (χ2n) is 14.2. The van der Waals surface area contributed by atoms with E-state index >= 15 is 0 Å². The van der Waals surface area contributed by atoms with Crippen molar-refractivity contribution in [2.75, 3.05) is 19.6 Å². The number of carbonyl (C=O) groups excluding carboxylic acids is 3. The standard InChI is InChI=1S/C22H34N2O2.C20H18O8.H2O/c1-4-6-7-8-12-23-21(25)26-18-10-9-17-15-20-22(3,19(17)16-18)11-14-24(20)13-5-2;1-11-3-7-13(8-4-11)19(25)27-15(17(21)22)16(18(23)24)28-20(26)14-9-5-12(2)6-10-14;/h9-10,16,20H,4-8,11-15H2,1-3H3,(H,23,25);3-10,15-16H,1-2H3,(H,21,22)(H,23,24);1H2/t20?,22-;;/m0../s1. The topological polar surface area (TPSA) is 200 Å². The normalized spacial score (nSPS) is 17.9. The minimum absolute atomic E-state index is 0. The molecule has 3 aromatic carbocycles. The minimum Gasteiger partial charge on any atom is -0.478 e. The molecule has 1 saturated heterocycles. The lowest BCUT2D eigenvalue weighted by molar-refractivity contribution is -0.166. The number of aryl methyl sites for hydroxylation is 2. The summed E-state index contributed by atoms with van der Waals surface area (Å²) in [5.74, 6) is -4.95. The average Bonchev–Trinajstić information content (AvgIpc) is 3.61. The number of fused-ring (bicyclic) bond motifs is 3. The summed E-state index contributed by atoms with van der Waals surface area (Å²) in [6, 6.07) is 18.9. The summed E-state index contributed by atoms with van der Waals surface area (Å²) in [5.41, 5.74) is 4.79. The van der Waals surface area contributed by atoms with Crippen molar-refractivity contribution in [3.05, 3.63) is 100 Å². The maximum atomic E-state index is 12.2. The first kappa shape index (κ1) is 44.1. The molecule has 3 aromatic rings. The molecular weight excluding hydrogens is 708 g/mol. The van der Waals surface area contributed by atoms with Gasteiger partial charge in [-0.3, -0.25) is 4.90 Å². The van der Waals surface area contributed by atoms with Crippen molar-refractivity contribution >= 4 is 30.0 Å². The van der Waals surface area contributed by atoms with E-state index in [1.54, 1.807) is 38.1 Å². The van der Waals surface area contributed by atoms with Gasteiger partial charge in [-0.25, -0.2) is 24.0 Å². The molecule has 13 heteroatoms. The van der Waals surface area contributed by atoms with Crippen molar-refractivity contribution in [2.24, 2.45) is 0 Å². The van der Waals surface area contributed by atoms with Gasteiger partial charge in [-0.15, -0.1) is 0 Å². The summed E-state index contributed by atoms with van der Waals surface area (Å²) in [4.78, 5) is 62.0. The van der Waals surface area contributed by atoms with Crippen LogP contribution in [-0.4, -0.2) is 88.4 Å².